The fourth-order valence-corrected chi connectivity index (χ4v) is 2.26. The first kappa shape index (κ1) is 13.5. The highest BCUT2D eigenvalue weighted by molar-refractivity contribution is 7.99. The summed E-state index contributed by atoms with van der Waals surface area (Å²) >= 11 is 0.986. The Hall–Kier alpha value is -1.90. The minimum Gasteiger partial charge on any atom is -0.357 e. The van der Waals surface area contributed by atoms with Crippen molar-refractivity contribution in [2.75, 3.05) is 12.4 Å². The maximum atomic E-state index is 13.6. The molecule has 0 aromatic carbocycles. The summed E-state index contributed by atoms with van der Waals surface area (Å²) in [6, 6.07) is 0. The van der Waals surface area contributed by atoms with E-state index in [-0.39, 0.29) is 10.7 Å². The lowest BCUT2D eigenvalue weighted by Crippen LogP contribution is -2.17. The van der Waals surface area contributed by atoms with Gasteiger partial charge in [-0.25, -0.2) is 24.3 Å². The first-order valence-electron chi connectivity index (χ1n) is 5.69. The van der Waals surface area contributed by atoms with E-state index in [1.165, 1.54) is 4.57 Å². The van der Waals surface area contributed by atoms with Crippen LogP contribution >= 0.6 is 11.8 Å². The minimum absolute atomic E-state index is 0.121. The Morgan fingerprint density at radius 2 is 2.37 bits per heavy atom. The second-order valence-electron chi connectivity index (χ2n) is 3.66. The van der Waals surface area contributed by atoms with E-state index >= 15 is 0 Å². The minimum atomic E-state index is -0.553. The largest absolute Gasteiger partial charge is 0.357 e. The lowest BCUT2D eigenvalue weighted by atomic mass is 10.5. The van der Waals surface area contributed by atoms with Crippen LogP contribution in [-0.4, -0.2) is 31.8 Å². The highest BCUT2D eigenvalue weighted by Crippen LogP contribution is 2.26. The smallest absolute Gasteiger partial charge is 0.343 e. The van der Waals surface area contributed by atoms with Gasteiger partial charge in [-0.15, -0.1) is 5.10 Å². The Balaban J connectivity index is 2.33. The monoisotopic (exact) mass is 284 g/mol. The Labute approximate surface area is 112 Å². The van der Waals surface area contributed by atoms with Gasteiger partial charge in [-0.3, -0.25) is 4.57 Å². The number of hydrogen-bond acceptors (Lipinski definition) is 6. The Morgan fingerprint density at radius 3 is 3.05 bits per heavy atom. The van der Waals surface area contributed by atoms with Crippen LogP contribution in [0.4, 0.5) is 10.3 Å². The molecule has 2 heterocycles. The molecule has 0 fully saturated rings. The van der Waals surface area contributed by atoms with E-state index in [1.54, 1.807) is 7.05 Å². The molecule has 9 heteroatoms. The molecular weight excluding hydrogens is 271 g/mol. The molecule has 0 unspecified atom stereocenters. The van der Waals surface area contributed by atoms with Crippen molar-refractivity contribution in [3.8, 4) is 0 Å². The third kappa shape index (κ3) is 2.92. The number of rotatable bonds is 5. The van der Waals surface area contributed by atoms with Crippen LogP contribution in [-0.2, 0) is 6.54 Å². The normalized spacial score (nSPS) is 10.7. The summed E-state index contributed by atoms with van der Waals surface area (Å²) < 4.78 is 15.1. The van der Waals surface area contributed by atoms with Crippen molar-refractivity contribution in [2.24, 2.45) is 0 Å². The van der Waals surface area contributed by atoms with Crippen LogP contribution in [0, 0.1) is 5.82 Å². The molecule has 0 saturated heterocycles. The van der Waals surface area contributed by atoms with E-state index in [0.717, 1.165) is 24.4 Å². The quantitative estimate of drug-likeness (QED) is 0.799. The van der Waals surface area contributed by atoms with Gasteiger partial charge in [0, 0.05) is 13.6 Å². The van der Waals surface area contributed by atoms with E-state index in [1.807, 2.05) is 6.92 Å². The van der Waals surface area contributed by atoms with E-state index < -0.39 is 5.82 Å². The van der Waals surface area contributed by atoms with Crippen molar-refractivity contribution >= 4 is 17.7 Å². The van der Waals surface area contributed by atoms with Gasteiger partial charge in [-0.05, 0) is 18.2 Å². The van der Waals surface area contributed by atoms with Crippen LogP contribution in [0.3, 0.4) is 0 Å². The maximum Gasteiger partial charge on any atom is 0.343 e. The number of nitrogens with zero attached hydrogens (tertiary/aromatic N) is 4. The second kappa shape index (κ2) is 5.83. The van der Waals surface area contributed by atoms with Crippen molar-refractivity contribution in [1.82, 2.24) is 24.7 Å². The highest BCUT2D eigenvalue weighted by atomic mass is 32.2. The molecule has 0 saturated carbocycles. The summed E-state index contributed by atoms with van der Waals surface area (Å²) in [5, 5.41) is 9.44. The zero-order valence-electron chi connectivity index (χ0n) is 10.5. The summed E-state index contributed by atoms with van der Waals surface area (Å²) in [5.41, 5.74) is -0.312. The Kier molecular flexibility index (Phi) is 4.15. The number of anilines is 1. The molecule has 102 valence electrons. The summed E-state index contributed by atoms with van der Waals surface area (Å²) in [4.78, 5) is 19.3. The standard InChI is InChI=1S/C10H13FN6OS/c1-3-4-17-9(18)15-16-10(17)19-7-6(11)5-13-8(12-2)14-7/h5H,3-4H2,1-2H3,(H,15,18)(H,12,13,14). The molecule has 0 aliphatic heterocycles. The first-order valence-corrected chi connectivity index (χ1v) is 6.50. The molecule has 0 radical (unpaired) electrons. The van der Waals surface area contributed by atoms with Gasteiger partial charge in [0.15, 0.2) is 11.0 Å². The zero-order chi connectivity index (χ0) is 13.8. The van der Waals surface area contributed by atoms with Crippen molar-refractivity contribution in [2.45, 2.75) is 30.1 Å². The topological polar surface area (TPSA) is 88.5 Å². The second-order valence-corrected chi connectivity index (χ2v) is 4.62. The predicted octanol–water partition coefficient (Wildman–Crippen LogP) is 1.10. The summed E-state index contributed by atoms with van der Waals surface area (Å²) in [5.74, 6) is -0.244. The number of hydrogen-bond donors (Lipinski definition) is 2. The number of halogens is 1. The SMILES string of the molecule is CCCn1c(Sc2nc(NC)ncc2F)n[nH]c1=O. The molecule has 0 atom stereocenters. The molecule has 2 rings (SSSR count). The molecule has 2 N–H and O–H groups in total. The summed E-state index contributed by atoms with van der Waals surface area (Å²) in [7, 11) is 1.64. The van der Waals surface area contributed by atoms with Crippen molar-refractivity contribution in [1.29, 1.82) is 0 Å². The van der Waals surface area contributed by atoms with Gasteiger partial charge in [0.25, 0.3) is 0 Å². The molecule has 0 aliphatic carbocycles. The van der Waals surface area contributed by atoms with Gasteiger partial charge >= 0.3 is 5.69 Å². The van der Waals surface area contributed by atoms with E-state index in [0.29, 0.717) is 17.6 Å². The number of H-pyrrole nitrogens is 1. The fraction of sp³-hybridized carbons (Fsp3) is 0.400. The number of aromatic amines is 1. The van der Waals surface area contributed by atoms with Gasteiger partial charge in [0.05, 0.1) is 6.20 Å². The van der Waals surface area contributed by atoms with Crippen molar-refractivity contribution < 1.29 is 4.39 Å². The Morgan fingerprint density at radius 1 is 1.58 bits per heavy atom. The van der Waals surface area contributed by atoms with Gasteiger partial charge < -0.3 is 5.32 Å². The van der Waals surface area contributed by atoms with Crippen molar-refractivity contribution in [3.63, 3.8) is 0 Å². The Bertz CT molecular complexity index is 625. The van der Waals surface area contributed by atoms with Gasteiger partial charge in [0.2, 0.25) is 5.95 Å². The third-order valence-corrected chi connectivity index (χ3v) is 3.27. The van der Waals surface area contributed by atoms with Crippen LogP contribution in [0.15, 0.2) is 21.2 Å². The maximum absolute atomic E-state index is 13.6. The number of nitrogens with one attached hydrogen (secondary N) is 2. The first-order chi connectivity index (χ1) is 9.15. The van der Waals surface area contributed by atoms with Gasteiger partial charge in [-0.2, -0.15) is 0 Å². The van der Waals surface area contributed by atoms with Crippen LogP contribution in [0.5, 0.6) is 0 Å². The van der Waals surface area contributed by atoms with E-state index in [2.05, 4.69) is 25.5 Å². The van der Waals surface area contributed by atoms with Crippen LogP contribution in [0.25, 0.3) is 0 Å². The van der Waals surface area contributed by atoms with Crippen LogP contribution < -0.4 is 11.0 Å². The lowest BCUT2D eigenvalue weighted by Gasteiger charge is -2.05. The van der Waals surface area contributed by atoms with Crippen molar-refractivity contribution in [3.05, 3.63) is 22.5 Å². The average Bonchev–Trinajstić information content (AvgIpc) is 2.74. The zero-order valence-corrected chi connectivity index (χ0v) is 11.3. The lowest BCUT2D eigenvalue weighted by molar-refractivity contribution is 0.576. The summed E-state index contributed by atoms with van der Waals surface area (Å²) in [6.07, 6.45) is 1.86. The fourth-order valence-electron chi connectivity index (χ4n) is 1.43. The van der Waals surface area contributed by atoms with Gasteiger partial charge in [-0.1, -0.05) is 6.92 Å². The molecule has 2 aromatic heterocycles. The predicted molar refractivity (Wildman–Crippen MR) is 68.8 cm³/mol. The number of aromatic nitrogens is 5. The van der Waals surface area contributed by atoms with Crippen LogP contribution in [0.2, 0.25) is 0 Å². The third-order valence-electron chi connectivity index (χ3n) is 2.29. The van der Waals surface area contributed by atoms with Crippen LogP contribution in [0.1, 0.15) is 13.3 Å². The molecular formula is C10H13FN6OS. The highest BCUT2D eigenvalue weighted by Gasteiger charge is 2.14. The van der Waals surface area contributed by atoms with E-state index in [9.17, 15) is 9.18 Å². The molecule has 0 bridgehead atoms. The molecule has 0 amide bonds. The molecule has 19 heavy (non-hydrogen) atoms. The molecule has 0 aliphatic rings. The average molecular weight is 284 g/mol. The van der Waals surface area contributed by atoms with Gasteiger partial charge in [0.1, 0.15) is 5.03 Å². The van der Waals surface area contributed by atoms with E-state index in [4.69, 9.17) is 0 Å². The molecule has 2 aromatic rings. The molecule has 7 nitrogen and oxygen atoms in total. The molecule has 0 spiro atoms. The summed E-state index contributed by atoms with van der Waals surface area (Å²) in [6.45, 7) is 2.46.